The third-order valence-electron chi connectivity index (χ3n) is 6.09. The molecule has 0 bridgehead atoms. The molecule has 0 radical (unpaired) electrons. The van der Waals surface area contributed by atoms with Crippen LogP contribution in [0.1, 0.15) is 39.0 Å². The lowest BCUT2D eigenvalue weighted by Crippen LogP contribution is -2.40. The number of piperidine rings is 2. The van der Waals surface area contributed by atoms with Crippen LogP contribution in [0.5, 0.6) is 0 Å². The van der Waals surface area contributed by atoms with Crippen LogP contribution in [0.15, 0.2) is 36.4 Å². The van der Waals surface area contributed by atoms with Gasteiger partial charge < -0.3 is 15.1 Å². The predicted molar refractivity (Wildman–Crippen MR) is 117 cm³/mol. The topological polar surface area (TPSA) is 78.4 Å². The van der Waals surface area contributed by atoms with Gasteiger partial charge >= 0.3 is 0 Å². The Morgan fingerprint density at radius 3 is 2.20 bits per heavy atom. The minimum Gasteiger partial charge on any atom is -0.355 e. The summed E-state index contributed by atoms with van der Waals surface area (Å²) in [5.41, 5.74) is 2.57. The number of aromatic nitrogens is 2. The lowest BCUT2D eigenvalue weighted by molar-refractivity contribution is -0.132. The predicted octanol–water partition coefficient (Wildman–Crippen LogP) is 3.33. The highest BCUT2D eigenvalue weighted by molar-refractivity contribution is 5.93. The molecule has 0 atom stereocenters. The summed E-state index contributed by atoms with van der Waals surface area (Å²) >= 11 is 0. The number of likely N-dealkylation sites (tertiary alicyclic amines) is 1. The van der Waals surface area contributed by atoms with Crippen LogP contribution < -0.4 is 10.2 Å². The van der Waals surface area contributed by atoms with Gasteiger partial charge in [0.05, 0.1) is 5.69 Å². The van der Waals surface area contributed by atoms with E-state index in [0.29, 0.717) is 25.9 Å². The van der Waals surface area contributed by atoms with Crippen molar-refractivity contribution in [1.82, 2.24) is 15.1 Å². The maximum atomic E-state index is 12.5. The summed E-state index contributed by atoms with van der Waals surface area (Å²) in [6, 6.07) is 11.8. The maximum Gasteiger partial charge on any atom is 0.227 e. The maximum absolute atomic E-state index is 12.5. The van der Waals surface area contributed by atoms with Crippen molar-refractivity contribution < 1.29 is 9.59 Å². The summed E-state index contributed by atoms with van der Waals surface area (Å²) in [5, 5.41) is 11.8. The lowest BCUT2D eigenvalue weighted by atomic mass is 9.95. The van der Waals surface area contributed by atoms with Crippen LogP contribution in [0.4, 0.5) is 11.5 Å². The molecule has 2 amide bonds. The fraction of sp³-hybridized carbons (Fsp3) is 0.478. The summed E-state index contributed by atoms with van der Waals surface area (Å²) < 4.78 is 0. The number of benzene rings is 1. The molecule has 2 aliphatic rings. The van der Waals surface area contributed by atoms with Gasteiger partial charge in [-0.25, -0.2) is 0 Å². The van der Waals surface area contributed by atoms with Crippen LogP contribution in [0.3, 0.4) is 0 Å². The Bertz CT molecular complexity index is 867. The van der Waals surface area contributed by atoms with E-state index in [9.17, 15) is 9.59 Å². The molecule has 7 nitrogen and oxygen atoms in total. The molecule has 0 spiro atoms. The summed E-state index contributed by atoms with van der Waals surface area (Å²) in [7, 11) is 0. The molecule has 0 unspecified atom stereocenters. The van der Waals surface area contributed by atoms with Crippen molar-refractivity contribution in [3.8, 4) is 11.3 Å². The van der Waals surface area contributed by atoms with Gasteiger partial charge in [-0.15, -0.1) is 10.2 Å². The van der Waals surface area contributed by atoms with Crippen molar-refractivity contribution >= 4 is 23.3 Å². The molecule has 2 fully saturated rings. The van der Waals surface area contributed by atoms with Gasteiger partial charge in [-0.3, -0.25) is 9.59 Å². The number of carbonyl (C=O) groups is 2. The molecule has 1 N–H and O–H groups in total. The molecule has 7 heteroatoms. The van der Waals surface area contributed by atoms with Crippen molar-refractivity contribution in [3.05, 3.63) is 36.4 Å². The molecular formula is C23H29N5O2. The fourth-order valence-electron chi connectivity index (χ4n) is 4.20. The zero-order valence-corrected chi connectivity index (χ0v) is 17.5. The van der Waals surface area contributed by atoms with Gasteiger partial charge in [-0.1, -0.05) is 12.1 Å². The number of anilines is 2. The first-order chi connectivity index (χ1) is 14.6. The van der Waals surface area contributed by atoms with E-state index in [1.165, 1.54) is 19.3 Å². The molecule has 4 rings (SSSR count). The first-order valence-electron chi connectivity index (χ1n) is 10.9. The first-order valence-corrected chi connectivity index (χ1v) is 10.9. The smallest absolute Gasteiger partial charge is 0.227 e. The van der Waals surface area contributed by atoms with E-state index < -0.39 is 0 Å². The van der Waals surface area contributed by atoms with Crippen LogP contribution >= 0.6 is 0 Å². The van der Waals surface area contributed by atoms with Gasteiger partial charge in [0.1, 0.15) is 0 Å². The van der Waals surface area contributed by atoms with E-state index in [1.807, 2.05) is 36.4 Å². The Morgan fingerprint density at radius 1 is 0.900 bits per heavy atom. The summed E-state index contributed by atoms with van der Waals surface area (Å²) in [6.45, 7) is 4.98. The zero-order valence-electron chi connectivity index (χ0n) is 17.5. The van der Waals surface area contributed by atoms with Crippen molar-refractivity contribution in [2.45, 2.75) is 39.0 Å². The summed E-state index contributed by atoms with van der Waals surface area (Å²) in [6.07, 6.45) is 5.15. The molecule has 0 aliphatic carbocycles. The number of rotatable bonds is 4. The summed E-state index contributed by atoms with van der Waals surface area (Å²) in [4.78, 5) is 28.1. The minimum absolute atomic E-state index is 0.0247. The van der Waals surface area contributed by atoms with Crippen LogP contribution in [0.2, 0.25) is 0 Å². The largest absolute Gasteiger partial charge is 0.355 e. The van der Waals surface area contributed by atoms with Gasteiger partial charge in [-0.2, -0.15) is 0 Å². The monoisotopic (exact) mass is 407 g/mol. The van der Waals surface area contributed by atoms with Gasteiger partial charge in [0.15, 0.2) is 5.82 Å². The molecule has 2 aliphatic heterocycles. The quantitative estimate of drug-likeness (QED) is 0.841. The number of hydrogen-bond donors (Lipinski definition) is 1. The molecule has 158 valence electrons. The number of nitrogens with one attached hydrogen (secondary N) is 1. The highest BCUT2D eigenvalue weighted by Crippen LogP contribution is 2.24. The van der Waals surface area contributed by atoms with Crippen LogP contribution in [0, 0.1) is 5.92 Å². The molecular weight excluding hydrogens is 378 g/mol. The van der Waals surface area contributed by atoms with E-state index in [0.717, 1.165) is 35.9 Å². The highest BCUT2D eigenvalue weighted by Gasteiger charge is 2.26. The van der Waals surface area contributed by atoms with Crippen molar-refractivity contribution in [2.75, 3.05) is 36.4 Å². The Morgan fingerprint density at radius 2 is 1.60 bits per heavy atom. The molecule has 2 aromatic rings. The second-order valence-electron chi connectivity index (χ2n) is 8.17. The van der Waals surface area contributed by atoms with E-state index in [2.05, 4.69) is 20.4 Å². The SMILES string of the molecule is CC(=O)N1CCC(C(=O)Nc2ccc(-c3ccc(N4CCCCC4)nn3)cc2)CC1. The van der Waals surface area contributed by atoms with Crippen LogP contribution in [-0.2, 0) is 9.59 Å². The Balaban J connectivity index is 1.33. The molecule has 2 saturated heterocycles. The molecule has 30 heavy (non-hydrogen) atoms. The van der Waals surface area contributed by atoms with Crippen LogP contribution in [-0.4, -0.2) is 53.1 Å². The number of amides is 2. The average Bonchev–Trinajstić information content (AvgIpc) is 2.80. The van der Waals surface area contributed by atoms with E-state index in [1.54, 1.807) is 11.8 Å². The average molecular weight is 408 g/mol. The van der Waals surface area contributed by atoms with Gasteiger partial charge in [-0.05, 0) is 56.4 Å². The Hall–Kier alpha value is -2.96. The normalized spacial score (nSPS) is 17.6. The molecule has 3 heterocycles. The minimum atomic E-state index is -0.0477. The molecule has 1 aromatic carbocycles. The van der Waals surface area contributed by atoms with Crippen molar-refractivity contribution in [3.63, 3.8) is 0 Å². The van der Waals surface area contributed by atoms with E-state index >= 15 is 0 Å². The van der Waals surface area contributed by atoms with Crippen molar-refractivity contribution in [2.24, 2.45) is 5.92 Å². The zero-order chi connectivity index (χ0) is 20.9. The third-order valence-corrected chi connectivity index (χ3v) is 6.09. The molecule has 1 aromatic heterocycles. The second kappa shape index (κ2) is 9.24. The van der Waals surface area contributed by atoms with E-state index in [-0.39, 0.29) is 17.7 Å². The fourth-order valence-corrected chi connectivity index (χ4v) is 4.20. The van der Waals surface area contributed by atoms with Gasteiger partial charge in [0, 0.05) is 50.3 Å². The Labute approximate surface area is 177 Å². The highest BCUT2D eigenvalue weighted by atomic mass is 16.2. The van der Waals surface area contributed by atoms with Gasteiger partial charge in [0.25, 0.3) is 0 Å². The first kappa shape index (κ1) is 20.3. The van der Waals surface area contributed by atoms with Crippen molar-refractivity contribution in [1.29, 1.82) is 0 Å². The number of hydrogen-bond acceptors (Lipinski definition) is 5. The lowest BCUT2D eigenvalue weighted by Gasteiger charge is -2.30. The number of carbonyl (C=O) groups excluding carboxylic acids is 2. The van der Waals surface area contributed by atoms with Crippen LogP contribution in [0.25, 0.3) is 11.3 Å². The van der Waals surface area contributed by atoms with E-state index in [4.69, 9.17) is 0 Å². The van der Waals surface area contributed by atoms with Gasteiger partial charge in [0.2, 0.25) is 11.8 Å². The Kier molecular flexibility index (Phi) is 6.26. The second-order valence-corrected chi connectivity index (χ2v) is 8.17. The third kappa shape index (κ3) is 4.78. The summed E-state index contributed by atoms with van der Waals surface area (Å²) in [5.74, 6) is 1.000. The number of nitrogens with zero attached hydrogens (tertiary/aromatic N) is 4. The molecule has 0 saturated carbocycles. The standard InChI is InChI=1S/C23H29N5O2/c1-17(29)27-15-11-19(12-16-27)23(30)24-20-7-5-18(6-8-20)21-9-10-22(26-25-21)28-13-3-2-4-14-28/h5-10,19H,2-4,11-16H2,1H3,(H,24,30).